The van der Waals surface area contributed by atoms with Crippen molar-refractivity contribution in [1.29, 1.82) is 5.26 Å². The monoisotopic (exact) mass is 231 g/mol. The molecule has 0 saturated carbocycles. The third-order valence-electron chi connectivity index (χ3n) is 2.62. The standard InChI is InChI=1S/C13H17N3O/c1-3-10(9-15-2)13(17)16-12-7-5-4-6-11(12)8-14/h4-7,10,15H,3,9H2,1-2H3,(H,16,17). The molecular weight excluding hydrogens is 214 g/mol. The molecule has 0 aromatic heterocycles. The molecule has 0 aliphatic rings. The second-order valence-electron chi connectivity index (χ2n) is 3.81. The van der Waals surface area contributed by atoms with Gasteiger partial charge in [-0.2, -0.15) is 5.26 Å². The fraction of sp³-hybridized carbons (Fsp3) is 0.385. The minimum atomic E-state index is -0.0771. The van der Waals surface area contributed by atoms with Crippen LogP contribution in [-0.2, 0) is 4.79 Å². The van der Waals surface area contributed by atoms with Crippen LogP contribution in [0.15, 0.2) is 24.3 Å². The van der Waals surface area contributed by atoms with E-state index in [-0.39, 0.29) is 11.8 Å². The number of nitriles is 1. The number of hydrogen-bond donors (Lipinski definition) is 2. The number of anilines is 1. The number of benzene rings is 1. The first-order valence-electron chi connectivity index (χ1n) is 5.67. The fourth-order valence-electron chi connectivity index (χ4n) is 1.59. The number of para-hydroxylation sites is 1. The van der Waals surface area contributed by atoms with Crippen LogP contribution in [0.25, 0.3) is 0 Å². The highest BCUT2D eigenvalue weighted by atomic mass is 16.1. The van der Waals surface area contributed by atoms with Gasteiger partial charge in [0, 0.05) is 6.54 Å². The number of rotatable bonds is 5. The van der Waals surface area contributed by atoms with E-state index in [2.05, 4.69) is 16.7 Å². The molecular formula is C13H17N3O. The molecule has 1 amide bonds. The van der Waals surface area contributed by atoms with E-state index >= 15 is 0 Å². The Balaban J connectivity index is 2.77. The summed E-state index contributed by atoms with van der Waals surface area (Å²) in [5, 5.41) is 14.7. The van der Waals surface area contributed by atoms with Crippen molar-refractivity contribution in [2.75, 3.05) is 18.9 Å². The van der Waals surface area contributed by atoms with E-state index in [1.165, 1.54) is 0 Å². The van der Waals surface area contributed by atoms with Crippen molar-refractivity contribution < 1.29 is 4.79 Å². The Kier molecular flexibility index (Phi) is 5.18. The molecule has 1 aromatic rings. The second-order valence-corrected chi connectivity index (χ2v) is 3.81. The van der Waals surface area contributed by atoms with Crippen LogP contribution in [0, 0.1) is 17.2 Å². The molecule has 4 nitrogen and oxygen atoms in total. The summed E-state index contributed by atoms with van der Waals surface area (Å²) < 4.78 is 0. The highest BCUT2D eigenvalue weighted by Crippen LogP contribution is 2.15. The maximum atomic E-state index is 11.9. The Labute approximate surface area is 102 Å². The van der Waals surface area contributed by atoms with Gasteiger partial charge in [-0.3, -0.25) is 4.79 Å². The van der Waals surface area contributed by atoms with Crippen LogP contribution in [0.4, 0.5) is 5.69 Å². The molecule has 2 N–H and O–H groups in total. The van der Waals surface area contributed by atoms with Gasteiger partial charge >= 0.3 is 0 Å². The van der Waals surface area contributed by atoms with Gasteiger partial charge in [-0.05, 0) is 25.6 Å². The molecule has 1 atom stereocenters. The maximum absolute atomic E-state index is 11.9. The lowest BCUT2D eigenvalue weighted by atomic mass is 10.1. The van der Waals surface area contributed by atoms with Crippen molar-refractivity contribution in [3.8, 4) is 6.07 Å². The summed E-state index contributed by atoms with van der Waals surface area (Å²) in [6.45, 7) is 2.61. The van der Waals surface area contributed by atoms with Crippen LogP contribution in [0.3, 0.4) is 0 Å². The number of carbonyl (C=O) groups excluding carboxylic acids is 1. The number of hydrogen-bond acceptors (Lipinski definition) is 3. The van der Waals surface area contributed by atoms with Crippen molar-refractivity contribution in [2.24, 2.45) is 5.92 Å². The summed E-state index contributed by atoms with van der Waals surface area (Å²) >= 11 is 0. The number of nitrogens with one attached hydrogen (secondary N) is 2. The van der Waals surface area contributed by atoms with Crippen LogP contribution in [0.1, 0.15) is 18.9 Å². The third-order valence-corrected chi connectivity index (χ3v) is 2.62. The molecule has 0 bridgehead atoms. The van der Waals surface area contributed by atoms with Gasteiger partial charge in [-0.1, -0.05) is 19.1 Å². The smallest absolute Gasteiger partial charge is 0.228 e. The molecule has 0 heterocycles. The van der Waals surface area contributed by atoms with Crippen molar-refractivity contribution in [3.63, 3.8) is 0 Å². The van der Waals surface area contributed by atoms with Crippen molar-refractivity contribution in [1.82, 2.24) is 5.32 Å². The summed E-state index contributed by atoms with van der Waals surface area (Å²) in [5.41, 5.74) is 1.06. The van der Waals surface area contributed by atoms with Crippen molar-refractivity contribution in [2.45, 2.75) is 13.3 Å². The van der Waals surface area contributed by atoms with Crippen LogP contribution in [-0.4, -0.2) is 19.5 Å². The van der Waals surface area contributed by atoms with E-state index < -0.39 is 0 Å². The SMILES string of the molecule is CCC(CNC)C(=O)Nc1ccccc1C#N. The van der Waals surface area contributed by atoms with Gasteiger partial charge in [-0.15, -0.1) is 0 Å². The third kappa shape index (κ3) is 3.58. The first-order valence-corrected chi connectivity index (χ1v) is 5.67. The topological polar surface area (TPSA) is 64.9 Å². The lowest BCUT2D eigenvalue weighted by Crippen LogP contribution is -2.30. The largest absolute Gasteiger partial charge is 0.325 e. The zero-order chi connectivity index (χ0) is 12.7. The van der Waals surface area contributed by atoms with Crippen LogP contribution < -0.4 is 10.6 Å². The molecule has 0 radical (unpaired) electrons. The Morgan fingerprint density at radius 1 is 1.47 bits per heavy atom. The van der Waals surface area contributed by atoms with E-state index in [1.54, 1.807) is 24.3 Å². The molecule has 1 unspecified atom stereocenters. The Hall–Kier alpha value is -1.86. The first-order chi connectivity index (χ1) is 8.22. The molecule has 0 aliphatic heterocycles. The lowest BCUT2D eigenvalue weighted by Gasteiger charge is -2.14. The first kappa shape index (κ1) is 13.2. The van der Waals surface area contributed by atoms with Gasteiger partial charge in [0.15, 0.2) is 0 Å². The average Bonchev–Trinajstić information content (AvgIpc) is 2.36. The highest BCUT2D eigenvalue weighted by Gasteiger charge is 2.16. The summed E-state index contributed by atoms with van der Waals surface area (Å²) in [7, 11) is 1.82. The van der Waals surface area contributed by atoms with Gasteiger partial charge in [0.25, 0.3) is 0 Å². The predicted octanol–water partition coefficient (Wildman–Crippen LogP) is 1.74. The van der Waals surface area contributed by atoms with E-state index in [4.69, 9.17) is 5.26 Å². The summed E-state index contributed by atoms with van der Waals surface area (Å²) in [4.78, 5) is 11.9. The van der Waals surface area contributed by atoms with Gasteiger partial charge < -0.3 is 10.6 Å². The molecule has 1 rings (SSSR count). The lowest BCUT2D eigenvalue weighted by molar-refractivity contribution is -0.119. The molecule has 0 spiro atoms. The Morgan fingerprint density at radius 2 is 2.18 bits per heavy atom. The van der Waals surface area contributed by atoms with Crippen LogP contribution in [0.2, 0.25) is 0 Å². The normalized spacial score (nSPS) is 11.6. The van der Waals surface area contributed by atoms with E-state index in [1.807, 2.05) is 14.0 Å². The highest BCUT2D eigenvalue weighted by molar-refractivity contribution is 5.93. The van der Waals surface area contributed by atoms with Gasteiger partial charge in [0.2, 0.25) is 5.91 Å². The van der Waals surface area contributed by atoms with Crippen LogP contribution in [0.5, 0.6) is 0 Å². The quantitative estimate of drug-likeness (QED) is 0.811. The van der Waals surface area contributed by atoms with E-state index in [0.717, 1.165) is 6.42 Å². The van der Waals surface area contributed by atoms with Gasteiger partial charge in [-0.25, -0.2) is 0 Å². The van der Waals surface area contributed by atoms with Gasteiger partial charge in [0.1, 0.15) is 6.07 Å². The molecule has 90 valence electrons. The number of carbonyl (C=O) groups is 1. The second kappa shape index (κ2) is 6.66. The zero-order valence-corrected chi connectivity index (χ0v) is 10.2. The van der Waals surface area contributed by atoms with Crippen molar-refractivity contribution in [3.05, 3.63) is 29.8 Å². The average molecular weight is 231 g/mol. The van der Waals surface area contributed by atoms with Crippen molar-refractivity contribution >= 4 is 11.6 Å². The fourth-order valence-corrected chi connectivity index (χ4v) is 1.59. The zero-order valence-electron chi connectivity index (χ0n) is 10.2. The van der Waals surface area contributed by atoms with E-state index in [9.17, 15) is 4.79 Å². The molecule has 17 heavy (non-hydrogen) atoms. The minimum Gasteiger partial charge on any atom is -0.325 e. The minimum absolute atomic E-state index is 0.0513. The Morgan fingerprint density at radius 3 is 2.76 bits per heavy atom. The molecule has 1 aromatic carbocycles. The molecule has 0 aliphatic carbocycles. The number of amides is 1. The molecule has 0 saturated heterocycles. The van der Waals surface area contributed by atoms with Gasteiger partial charge in [0.05, 0.1) is 17.2 Å². The molecule has 4 heteroatoms. The predicted molar refractivity (Wildman–Crippen MR) is 67.5 cm³/mol. The number of nitrogens with zero attached hydrogens (tertiary/aromatic N) is 1. The summed E-state index contributed by atoms with van der Waals surface area (Å²) in [5.74, 6) is -0.128. The van der Waals surface area contributed by atoms with E-state index in [0.29, 0.717) is 17.8 Å². The molecule has 0 fully saturated rings. The van der Waals surface area contributed by atoms with Crippen LogP contribution >= 0.6 is 0 Å². The summed E-state index contributed by atoms with van der Waals surface area (Å²) in [6.07, 6.45) is 0.765. The Bertz CT molecular complexity index is 423. The maximum Gasteiger partial charge on any atom is 0.228 e. The summed E-state index contributed by atoms with van der Waals surface area (Å²) in [6, 6.07) is 9.07.